The molecule has 6 rings (SSSR count). The topological polar surface area (TPSA) is 147 Å². The second-order valence-corrected chi connectivity index (χ2v) is 9.61. The highest BCUT2D eigenvalue weighted by atomic mass is 16.2. The monoisotopic (exact) mass is 477 g/mol. The third-order valence-electron chi connectivity index (χ3n) is 7.23. The van der Waals surface area contributed by atoms with Crippen LogP contribution in [0.3, 0.4) is 0 Å². The van der Waals surface area contributed by atoms with E-state index in [-0.39, 0.29) is 48.3 Å². The summed E-state index contributed by atoms with van der Waals surface area (Å²) < 4.78 is 1.46. The number of nitrogens with one attached hydrogen (secondary N) is 2. The van der Waals surface area contributed by atoms with Gasteiger partial charge in [0.15, 0.2) is 5.69 Å². The van der Waals surface area contributed by atoms with E-state index in [0.29, 0.717) is 37.1 Å². The summed E-state index contributed by atoms with van der Waals surface area (Å²) in [6.07, 6.45) is 3.27. The van der Waals surface area contributed by atoms with E-state index in [4.69, 9.17) is 0 Å². The van der Waals surface area contributed by atoms with Crippen molar-refractivity contribution in [2.75, 3.05) is 6.54 Å². The van der Waals surface area contributed by atoms with E-state index < -0.39 is 17.5 Å². The molecule has 2 unspecified atom stereocenters. The first-order valence-corrected chi connectivity index (χ1v) is 11.6. The molecule has 12 nitrogen and oxygen atoms in total. The number of amides is 5. The summed E-state index contributed by atoms with van der Waals surface area (Å²) >= 11 is 0. The number of nitrogens with zero attached hydrogens (tertiary/aromatic N) is 5. The summed E-state index contributed by atoms with van der Waals surface area (Å²) in [4.78, 5) is 65.4. The minimum absolute atomic E-state index is 0.124. The normalized spacial score (nSPS) is 24.9. The number of hydrogen-bond donors (Lipinski definition) is 2. The van der Waals surface area contributed by atoms with Crippen LogP contribution in [-0.4, -0.2) is 78.5 Å². The van der Waals surface area contributed by atoms with Crippen molar-refractivity contribution in [2.24, 2.45) is 0 Å². The first kappa shape index (κ1) is 21.4. The Balaban J connectivity index is 1.23. The highest BCUT2D eigenvalue weighted by Gasteiger charge is 2.59. The third kappa shape index (κ3) is 3.31. The van der Waals surface area contributed by atoms with Crippen molar-refractivity contribution in [1.29, 1.82) is 0 Å². The van der Waals surface area contributed by atoms with Crippen LogP contribution in [-0.2, 0) is 20.9 Å². The lowest BCUT2D eigenvalue weighted by Gasteiger charge is -2.38. The Morgan fingerprint density at radius 1 is 1.17 bits per heavy atom. The molecule has 1 aliphatic carbocycles. The van der Waals surface area contributed by atoms with Gasteiger partial charge in [-0.25, -0.2) is 4.68 Å². The van der Waals surface area contributed by atoms with E-state index in [1.807, 2.05) is 6.92 Å². The lowest BCUT2D eigenvalue weighted by atomic mass is 10.0. The molecule has 5 amide bonds. The fourth-order valence-electron chi connectivity index (χ4n) is 5.20. The Hall–Kier alpha value is -4.09. The standard InChI is InChI=1S/C23H23N7O5/c1-12-9-29(23(6-7-23)22(35)24-12)21(34)16-11-30(27-26-16)14-2-3-15-13(8-14)10-28(20(15)33)17-4-5-18(31)25-19(17)32/h2-3,8,11-12,17H,4-7,9-10H2,1H3,(H,24,35)(H,25,31,32). The summed E-state index contributed by atoms with van der Waals surface area (Å²) in [6.45, 7) is 2.50. The van der Waals surface area contributed by atoms with Crippen molar-refractivity contribution in [3.8, 4) is 5.69 Å². The van der Waals surface area contributed by atoms with Crippen molar-refractivity contribution in [2.45, 2.75) is 56.8 Å². The highest BCUT2D eigenvalue weighted by Crippen LogP contribution is 2.44. The average molecular weight is 477 g/mol. The van der Waals surface area contributed by atoms with Gasteiger partial charge in [0.2, 0.25) is 17.7 Å². The first-order valence-electron chi connectivity index (χ1n) is 11.6. The maximum Gasteiger partial charge on any atom is 0.277 e. The van der Waals surface area contributed by atoms with Crippen LogP contribution in [0.2, 0.25) is 0 Å². The quantitative estimate of drug-likeness (QED) is 0.568. The number of fused-ring (bicyclic) bond motifs is 1. The van der Waals surface area contributed by atoms with Gasteiger partial charge >= 0.3 is 0 Å². The summed E-state index contributed by atoms with van der Waals surface area (Å²) in [5, 5.41) is 13.4. The molecule has 1 aromatic carbocycles. The molecule has 180 valence electrons. The van der Waals surface area contributed by atoms with Gasteiger partial charge in [0.05, 0.1) is 11.9 Å². The van der Waals surface area contributed by atoms with E-state index >= 15 is 0 Å². The van der Waals surface area contributed by atoms with Gasteiger partial charge in [-0.15, -0.1) is 5.10 Å². The molecule has 35 heavy (non-hydrogen) atoms. The van der Waals surface area contributed by atoms with Gasteiger partial charge < -0.3 is 15.1 Å². The third-order valence-corrected chi connectivity index (χ3v) is 7.23. The molecule has 2 atom stereocenters. The minimum Gasteiger partial charge on any atom is -0.350 e. The van der Waals surface area contributed by atoms with Crippen LogP contribution in [0.25, 0.3) is 5.69 Å². The zero-order valence-electron chi connectivity index (χ0n) is 19.0. The molecular weight excluding hydrogens is 454 g/mol. The summed E-state index contributed by atoms with van der Waals surface area (Å²) in [5.74, 6) is -1.52. The van der Waals surface area contributed by atoms with Crippen molar-refractivity contribution < 1.29 is 24.0 Å². The van der Waals surface area contributed by atoms with Crippen LogP contribution in [0.1, 0.15) is 59.0 Å². The molecule has 12 heteroatoms. The molecule has 1 spiro atoms. The number of carbonyl (C=O) groups is 5. The number of rotatable bonds is 3. The van der Waals surface area contributed by atoms with E-state index in [1.165, 1.54) is 15.8 Å². The maximum absolute atomic E-state index is 13.2. The van der Waals surface area contributed by atoms with Gasteiger partial charge in [-0.2, -0.15) is 0 Å². The summed E-state index contributed by atoms with van der Waals surface area (Å²) in [7, 11) is 0. The summed E-state index contributed by atoms with van der Waals surface area (Å²) in [6, 6.07) is 4.31. The highest BCUT2D eigenvalue weighted by molar-refractivity contribution is 6.05. The van der Waals surface area contributed by atoms with Crippen LogP contribution in [0.5, 0.6) is 0 Å². The van der Waals surface area contributed by atoms with E-state index in [2.05, 4.69) is 20.9 Å². The molecule has 3 aliphatic heterocycles. The molecule has 2 saturated heterocycles. The number of carbonyl (C=O) groups excluding carboxylic acids is 5. The van der Waals surface area contributed by atoms with Crippen molar-refractivity contribution >= 4 is 29.5 Å². The Labute approximate surface area is 199 Å². The molecule has 3 fully saturated rings. The van der Waals surface area contributed by atoms with Crippen LogP contribution in [0.15, 0.2) is 24.4 Å². The smallest absolute Gasteiger partial charge is 0.277 e. The molecule has 2 aromatic rings. The molecule has 4 heterocycles. The average Bonchev–Trinajstić information content (AvgIpc) is 3.34. The van der Waals surface area contributed by atoms with Crippen molar-refractivity contribution in [3.63, 3.8) is 0 Å². The SMILES string of the molecule is CC1CN(C(=O)c2cn(-c3ccc4c(c3)CN(C3CCC(=O)NC3=O)C4=O)nn2)C2(CC2)C(=O)N1. The predicted octanol–water partition coefficient (Wildman–Crippen LogP) is -0.479. The zero-order chi connectivity index (χ0) is 24.5. The number of piperazine rings is 1. The Kier molecular flexibility index (Phi) is 4.57. The van der Waals surface area contributed by atoms with Gasteiger partial charge in [0, 0.05) is 31.1 Å². The van der Waals surface area contributed by atoms with Crippen molar-refractivity contribution in [1.82, 2.24) is 35.4 Å². The molecule has 4 aliphatic rings. The van der Waals surface area contributed by atoms with Gasteiger partial charge in [-0.1, -0.05) is 5.21 Å². The molecule has 0 radical (unpaired) electrons. The van der Waals surface area contributed by atoms with E-state index in [1.54, 1.807) is 23.1 Å². The fraction of sp³-hybridized carbons (Fsp3) is 0.435. The molecule has 1 saturated carbocycles. The van der Waals surface area contributed by atoms with Gasteiger partial charge in [0.1, 0.15) is 11.6 Å². The first-order chi connectivity index (χ1) is 16.8. The van der Waals surface area contributed by atoms with E-state index in [0.717, 1.165) is 5.56 Å². The number of aromatic nitrogens is 3. The zero-order valence-corrected chi connectivity index (χ0v) is 19.0. The molecular formula is C23H23N7O5. The lowest BCUT2D eigenvalue weighted by Crippen LogP contribution is -2.62. The Bertz CT molecular complexity index is 1310. The number of hydrogen-bond acceptors (Lipinski definition) is 7. The van der Waals surface area contributed by atoms with Crippen molar-refractivity contribution in [3.05, 3.63) is 41.2 Å². The Morgan fingerprint density at radius 2 is 1.97 bits per heavy atom. The summed E-state index contributed by atoms with van der Waals surface area (Å²) in [5.41, 5.74) is 1.18. The molecule has 0 bridgehead atoms. The second kappa shape index (κ2) is 7.45. The van der Waals surface area contributed by atoms with Gasteiger partial charge in [-0.3, -0.25) is 29.3 Å². The predicted molar refractivity (Wildman–Crippen MR) is 118 cm³/mol. The molecule has 1 aromatic heterocycles. The lowest BCUT2D eigenvalue weighted by molar-refractivity contribution is -0.137. The fourth-order valence-corrected chi connectivity index (χ4v) is 5.20. The number of imide groups is 1. The molecule has 2 N–H and O–H groups in total. The van der Waals surface area contributed by atoms with Gasteiger partial charge in [0.25, 0.3) is 11.8 Å². The van der Waals surface area contributed by atoms with Gasteiger partial charge in [-0.05, 0) is 49.9 Å². The number of benzene rings is 1. The van der Waals surface area contributed by atoms with Crippen LogP contribution in [0.4, 0.5) is 0 Å². The second-order valence-electron chi connectivity index (χ2n) is 9.61. The minimum atomic E-state index is -0.777. The van der Waals surface area contributed by atoms with Crippen LogP contribution in [0, 0.1) is 0 Å². The Morgan fingerprint density at radius 3 is 2.71 bits per heavy atom. The van der Waals surface area contributed by atoms with Crippen LogP contribution < -0.4 is 10.6 Å². The maximum atomic E-state index is 13.2. The number of piperidine rings is 1. The largest absolute Gasteiger partial charge is 0.350 e. The van der Waals surface area contributed by atoms with E-state index in [9.17, 15) is 24.0 Å². The van der Waals surface area contributed by atoms with Crippen LogP contribution >= 0.6 is 0 Å².